The first-order chi connectivity index (χ1) is 5.63. The number of aryl methyl sites for hydroxylation is 2. The number of ketones is 1. The van der Waals surface area contributed by atoms with Crippen molar-refractivity contribution in [3.05, 3.63) is 15.6 Å². The zero-order valence-corrected chi connectivity index (χ0v) is 8.49. The summed E-state index contributed by atoms with van der Waals surface area (Å²) in [5.74, 6) is 0.186. The van der Waals surface area contributed by atoms with Crippen LogP contribution in [0.25, 0.3) is 0 Å². The van der Waals surface area contributed by atoms with Crippen molar-refractivity contribution in [2.45, 2.75) is 33.6 Å². The molecule has 0 aliphatic rings. The molecule has 2 nitrogen and oxygen atoms in total. The molecule has 12 heavy (non-hydrogen) atoms. The quantitative estimate of drug-likeness (QED) is 0.718. The van der Waals surface area contributed by atoms with Crippen LogP contribution in [0.5, 0.6) is 0 Å². The van der Waals surface area contributed by atoms with Gasteiger partial charge in [-0.2, -0.15) is 0 Å². The molecule has 0 spiro atoms. The number of thiazole rings is 1. The standard InChI is InChI=1S/C9H13NOS/c1-4-8-7(3)12-9(10-8)5-6(2)11/h4-5H2,1-3H3. The van der Waals surface area contributed by atoms with E-state index in [1.807, 2.05) is 0 Å². The Kier molecular flexibility index (Phi) is 2.98. The van der Waals surface area contributed by atoms with Crippen molar-refractivity contribution in [2.24, 2.45) is 0 Å². The Balaban J connectivity index is 2.82. The van der Waals surface area contributed by atoms with E-state index in [-0.39, 0.29) is 5.78 Å². The number of Topliss-reactive ketones (excluding diaryl/α,β-unsaturated/α-hetero) is 1. The van der Waals surface area contributed by atoms with Crippen LogP contribution >= 0.6 is 11.3 Å². The van der Waals surface area contributed by atoms with Crippen LogP contribution in [0.15, 0.2) is 0 Å². The van der Waals surface area contributed by atoms with Gasteiger partial charge < -0.3 is 0 Å². The SMILES string of the molecule is CCc1nc(CC(C)=O)sc1C. The van der Waals surface area contributed by atoms with E-state index < -0.39 is 0 Å². The summed E-state index contributed by atoms with van der Waals surface area (Å²) in [5.41, 5.74) is 1.14. The van der Waals surface area contributed by atoms with Crippen LogP contribution < -0.4 is 0 Å². The third kappa shape index (κ3) is 2.14. The zero-order chi connectivity index (χ0) is 9.14. The van der Waals surface area contributed by atoms with Crippen LogP contribution in [0.2, 0.25) is 0 Å². The van der Waals surface area contributed by atoms with Crippen LogP contribution in [0.3, 0.4) is 0 Å². The van der Waals surface area contributed by atoms with Crippen LogP contribution in [-0.2, 0) is 17.6 Å². The maximum absolute atomic E-state index is 10.8. The molecule has 0 saturated heterocycles. The lowest BCUT2D eigenvalue weighted by molar-refractivity contribution is -0.116. The van der Waals surface area contributed by atoms with Gasteiger partial charge in [-0.3, -0.25) is 4.79 Å². The first kappa shape index (κ1) is 9.39. The predicted octanol–water partition coefficient (Wildman–Crippen LogP) is 2.15. The first-order valence-corrected chi connectivity index (χ1v) is 4.89. The van der Waals surface area contributed by atoms with Crippen molar-refractivity contribution < 1.29 is 4.79 Å². The minimum Gasteiger partial charge on any atom is -0.300 e. The Morgan fingerprint density at radius 2 is 2.25 bits per heavy atom. The minimum atomic E-state index is 0.186. The highest BCUT2D eigenvalue weighted by Gasteiger charge is 2.06. The van der Waals surface area contributed by atoms with Crippen molar-refractivity contribution >= 4 is 17.1 Å². The van der Waals surface area contributed by atoms with Crippen LogP contribution in [0.1, 0.15) is 29.4 Å². The van der Waals surface area contributed by atoms with E-state index in [4.69, 9.17) is 0 Å². The largest absolute Gasteiger partial charge is 0.300 e. The fourth-order valence-corrected chi connectivity index (χ4v) is 2.20. The highest BCUT2D eigenvalue weighted by atomic mass is 32.1. The smallest absolute Gasteiger partial charge is 0.136 e. The molecule has 0 unspecified atom stereocenters. The lowest BCUT2D eigenvalue weighted by atomic mass is 10.3. The van der Waals surface area contributed by atoms with Crippen LogP contribution in [0.4, 0.5) is 0 Å². The summed E-state index contributed by atoms with van der Waals surface area (Å²) in [5, 5.41) is 0.955. The molecule has 3 heteroatoms. The Morgan fingerprint density at radius 1 is 1.58 bits per heavy atom. The van der Waals surface area contributed by atoms with Gasteiger partial charge in [-0.25, -0.2) is 4.98 Å². The summed E-state index contributed by atoms with van der Waals surface area (Å²) in [4.78, 5) is 16.4. The Bertz CT molecular complexity index is 291. The molecule has 1 rings (SSSR count). The molecule has 0 amide bonds. The van der Waals surface area contributed by atoms with Crippen molar-refractivity contribution in [3.8, 4) is 0 Å². The molecule has 0 aliphatic heterocycles. The molecule has 0 fully saturated rings. The first-order valence-electron chi connectivity index (χ1n) is 4.08. The van der Waals surface area contributed by atoms with Gasteiger partial charge in [0.25, 0.3) is 0 Å². The summed E-state index contributed by atoms with van der Waals surface area (Å²) >= 11 is 1.64. The number of carbonyl (C=O) groups is 1. The number of rotatable bonds is 3. The van der Waals surface area contributed by atoms with E-state index in [1.54, 1.807) is 18.3 Å². The predicted molar refractivity (Wildman–Crippen MR) is 50.6 cm³/mol. The molecule has 0 saturated carbocycles. The molecule has 0 aliphatic carbocycles. The molecular formula is C9H13NOS. The maximum Gasteiger partial charge on any atom is 0.136 e. The van der Waals surface area contributed by atoms with Gasteiger partial charge in [0.1, 0.15) is 10.8 Å². The Labute approximate surface area is 76.6 Å². The van der Waals surface area contributed by atoms with E-state index in [0.29, 0.717) is 6.42 Å². The van der Waals surface area contributed by atoms with Gasteiger partial charge in [-0.1, -0.05) is 6.92 Å². The second kappa shape index (κ2) is 3.81. The maximum atomic E-state index is 10.8. The monoisotopic (exact) mass is 183 g/mol. The molecule has 0 atom stereocenters. The fourth-order valence-electron chi connectivity index (χ4n) is 1.10. The van der Waals surface area contributed by atoms with Crippen LogP contribution in [-0.4, -0.2) is 10.8 Å². The summed E-state index contributed by atoms with van der Waals surface area (Å²) in [6, 6.07) is 0. The summed E-state index contributed by atoms with van der Waals surface area (Å²) in [7, 11) is 0. The van der Waals surface area contributed by atoms with Gasteiger partial charge in [0.05, 0.1) is 12.1 Å². The normalized spacial score (nSPS) is 10.2. The average molecular weight is 183 g/mol. The van der Waals surface area contributed by atoms with Crippen LogP contribution in [0, 0.1) is 6.92 Å². The second-order valence-corrected chi connectivity index (χ2v) is 4.13. The van der Waals surface area contributed by atoms with E-state index in [9.17, 15) is 4.79 Å². The third-order valence-electron chi connectivity index (χ3n) is 1.67. The Morgan fingerprint density at radius 3 is 2.67 bits per heavy atom. The molecule has 66 valence electrons. The van der Waals surface area contributed by atoms with E-state index in [0.717, 1.165) is 17.1 Å². The van der Waals surface area contributed by atoms with Crippen molar-refractivity contribution in [1.82, 2.24) is 4.98 Å². The number of nitrogens with zero attached hydrogens (tertiary/aromatic N) is 1. The highest BCUT2D eigenvalue weighted by molar-refractivity contribution is 7.11. The van der Waals surface area contributed by atoms with Gasteiger partial charge in [-0.15, -0.1) is 11.3 Å². The molecule has 0 aromatic carbocycles. The molecule has 0 N–H and O–H groups in total. The number of carbonyl (C=O) groups excluding carboxylic acids is 1. The minimum absolute atomic E-state index is 0.186. The third-order valence-corrected chi connectivity index (χ3v) is 2.69. The van der Waals surface area contributed by atoms with E-state index in [1.165, 1.54) is 4.88 Å². The summed E-state index contributed by atoms with van der Waals surface area (Å²) in [6.07, 6.45) is 1.45. The molecule has 1 aromatic heterocycles. The number of aromatic nitrogens is 1. The van der Waals surface area contributed by atoms with Gasteiger partial charge in [0, 0.05) is 4.88 Å². The Hall–Kier alpha value is -0.700. The van der Waals surface area contributed by atoms with E-state index >= 15 is 0 Å². The topological polar surface area (TPSA) is 30.0 Å². The van der Waals surface area contributed by atoms with Crippen molar-refractivity contribution in [3.63, 3.8) is 0 Å². The average Bonchev–Trinajstić information content (AvgIpc) is 2.29. The zero-order valence-electron chi connectivity index (χ0n) is 7.68. The fraction of sp³-hybridized carbons (Fsp3) is 0.556. The van der Waals surface area contributed by atoms with Gasteiger partial charge >= 0.3 is 0 Å². The van der Waals surface area contributed by atoms with Gasteiger partial charge in [-0.05, 0) is 20.3 Å². The number of hydrogen-bond acceptors (Lipinski definition) is 3. The molecule has 1 aromatic rings. The molecule has 1 heterocycles. The van der Waals surface area contributed by atoms with Crippen molar-refractivity contribution in [2.75, 3.05) is 0 Å². The molecule has 0 radical (unpaired) electrons. The van der Waals surface area contributed by atoms with Crippen molar-refractivity contribution in [1.29, 1.82) is 0 Å². The lowest BCUT2D eigenvalue weighted by Crippen LogP contribution is -1.95. The molecule has 0 bridgehead atoms. The number of hydrogen-bond donors (Lipinski definition) is 0. The van der Waals surface area contributed by atoms with E-state index in [2.05, 4.69) is 18.8 Å². The van der Waals surface area contributed by atoms with Gasteiger partial charge in [0.2, 0.25) is 0 Å². The molecular weight excluding hydrogens is 170 g/mol. The highest BCUT2D eigenvalue weighted by Crippen LogP contribution is 2.18. The van der Waals surface area contributed by atoms with Gasteiger partial charge in [0.15, 0.2) is 0 Å². The summed E-state index contributed by atoms with van der Waals surface area (Å²) < 4.78 is 0. The lowest BCUT2D eigenvalue weighted by Gasteiger charge is -1.87. The summed E-state index contributed by atoms with van der Waals surface area (Å²) in [6.45, 7) is 5.74. The second-order valence-electron chi connectivity index (χ2n) is 2.84.